The summed E-state index contributed by atoms with van der Waals surface area (Å²) in [7, 11) is 0. The smallest absolute Gasteiger partial charge is 0.252 e. The Kier molecular flexibility index (Phi) is 6.02. The lowest BCUT2D eigenvalue weighted by atomic mass is 9.32. The van der Waals surface area contributed by atoms with Crippen LogP contribution in [0.3, 0.4) is 0 Å². The van der Waals surface area contributed by atoms with Gasteiger partial charge in [0.25, 0.3) is 6.71 Å². The van der Waals surface area contributed by atoms with Crippen LogP contribution in [0.1, 0.15) is 73.6 Å². The maximum absolute atomic E-state index is 2.69. The molecule has 2 heterocycles. The molecule has 282 valence electrons. The maximum Gasteiger partial charge on any atom is 0.252 e. The van der Waals surface area contributed by atoms with Gasteiger partial charge in [-0.3, -0.25) is 0 Å². The Balaban J connectivity index is 1.09. The van der Waals surface area contributed by atoms with Gasteiger partial charge in [-0.05, 0) is 160 Å². The van der Waals surface area contributed by atoms with Crippen molar-refractivity contribution in [3.8, 4) is 22.3 Å². The van der Waals surface area contributed by atoms with E-state index in [2.05, 4.69) is 161 Å². The van der Waals surface area contributed by atoms with Crippen molar-refractivity contribution in [2.24, 2.45) is 23.7 Å². The summed E-state index contributed by atoms with van der Waals surface area (Å²) in [5, 5.41) is 0. The fourth-order valence-electron chi connectivity index (χ4n) is 15.6. The number of fused-ring (bicyclic) bond motifs is 22. The van der Waals surface area contributed by atoms with Crippen molar-refractivity contribution in [3.05, 3.63) is 174 Å². The molecule has 0 saturated heterocycles. The predicted octanol–water partition coefficient (Wildman–Crippen LogP) is 11.9. The molecule has 4 saturated carbocycles. The lowest BCUT2D eigenvalue weighted by Crippen LogP contribution is -2.62. The van der Waals surface area contributed by atoms with Crippen LogP contribution in [0.25, 0.3) is 22.3 Å². The van der Waals surface area contributed by atoms with Gasteiger partial charge in [0.2, 0.25) is 0 Å². The standard InChI is InChI=1S/C56H45BN2/c1-3-12-38(13-4-1)58-47-20-11-21-48-52(47)57(53-49(58)29-27-44-50(53)40-16-7-9-18-42(40)55(44)32-34-22-24-36(55)30-34)46-28-26-45-51(54(46)59(48)39-14-5-2-6-15-39)41-17-8-10-19-43(41)56(45)33-35-23-25-37(56)31-35/h1-21,26-29,34-37H,22-25,30-33H2/t34-,35+,36+,37?,55-,56-/m0/s1. The second kappa shape index (κ2) is 11.1. The van der Waals surface area contributed by atoms with E-state index in [0.29, 0.717) is 5.92 Å². The van der Waals surface area contributed by atoms with E-state index in [4.69, 9.17) is 0 Å². The Bertz CT molecular complexity index is 2970. The van der Waals surface area contributed by atoms with Crippen LogP contribution in [0.15, 0.2) is 152 Å². The van der Waals surface area contributed by atoms with Crippen molar-refractivity contribution in [3.63, 3.8) is 0 Å². The van der Waals surface area contributed by atoms with Gasteiger partial charge in [-0.15, -0.1) is 0 Å². The minimum absolute atomic E-state index is 0.0805. The highest BCUT2D eigenvalue weighted by Crippen LogP contribution is 2.68. The lowest BCUT2D eigenvalue weighted by molar-refractivity contribution is 0.327. The Labute approximate surface area is 347 Å². The molecule has 6 aliphatic carbocycles. The van der Waals surface area contributed by atoms with Crippen molar-refractivity contribution in [2.45, 2.75) is 62.2 Å². The molecule has 0 amide bonds. The number of anilines is 6. The number of para-hydroxylation sites is 2. The zero-order valence-corrected chi connectivity index (χ0v) is 33.4. The van der Waals surface area contributed by atoms with E-state index in [-0.39, 0.29) is 17.5 Å². The summed E-state index contributed by atoms with van der Waals surface area (Å²) in [6, 6.07) is 59.4. The third-order valence-corrected chi connectivity index (χ3v) is 17.4. The molecule has 2 nitrogen and oxygen atoms in total. The van der Waals surface area contributed by atoms with E-state index < -0.39 is 0 Å². The van der Waals surface area contributed by atoms with Gasteiger partial charge in [0, 0.05) is 50.5 Å². The average molecular weight is 757 g/mol. The topological polar surface area (TPSA) is 6.48 Å². The van der Waals surface area contributed by atoms with Gasteiger partial charge < -0.3 is 9.80 Å². The number of hydrogen-bond donors (Lipinski definition) is 0. The van der Waals surface area contributed by atoms with Gasteiger partial charge in [0.1, 0.15) is 0 Å². The molecule has 0 N–H and O–H groups in total. The highest BCUT2D eigenvalue weighted by atomic mass is 15.2. The molecule has 59 heavy (non-hydrogen) atoms. The summed E-state index contributed by atoms with van der Waals surface area (Å²) in [5.41, 5.74) is 24.8. The second-order valence-electron chi connectivity index (χ2n) is 19.5. The van der Waals surface area contributed by atoms with Crippen LogP contribution in [0.5, 0.6) is 0 Å². The maximum atomic E-state index is 2.69. The number of hydrogen-bond acceptors (Lipinski definition) is 2. The first-order chi connectivity index (χ1) is 29.2. The molecule has 8 aliphatic rings. The van der Waals surface area contributed by atoms with E-state index in [0.717, 1.165) is 17.8 Å². The van der Waals surface area contributed by atoms with Crippen LogP contribution < -0.4 is 26.2 Å². The van der Waals surface area contributed by atoms with Crippen molar-refractivity contribution in [2.75, 3.05) is 9.80 Å². The fraction of sp³-hybridized carbons (Fsp3) is 0.250. The van der Waals surface area contributed by atoms with Crippen LogP contribution in [0.2, 0.25) is 0 Å². The Morgan fingerprint density at radius 1 is 0.424 bits per heavy atom. The van der Waals surface area contributed by atoms with Crippen molar-refractivity contribution < 1.29 is 0 Å². The molecule has 3 heteroatoms. The molecule has 0 radical (unpaired) electrons. The van der Waals surface area contributed by atoms with E-state index >= 15 is 0 Å². The van der Waals surface area contributed by atoms with Gasteiger partial charge >= 0.3 is 0 Å². The third kappa shape index (κ3) is 3.71. The van der Waals surface area contributed by atoms with Crippen LogP contribution in [0, 0.1) is 23.7 Å². The zero-order valence-electron chi connectivity index (χ0n) is 33.4. The molecule has 4 bridgehead atoms. The van der Waals surface area contributed by atoms with Gasteiger partial charge in [0.15, 0.2) is 0 Å². The number of nitrogens with zero attached hydrogens (tertiary/aromatic N) is 2. The summed E-state index contributed by atoms with van der Waals surface area (Å²) >= 11 is 0. The normalized spacial score (nSPS) is 27.5. The van der Waals surface area contributed by atoms with Gasteiger partial charge in [-0.2, -0.15) is 0 Å². The minimum Gasteiger partial charge on any atom is -0.311 e. The van der Waals surface area contributed by atoms with Crippen molar-refractivity contribution in [1.29, 1.82) is 0 Å². The highest BCUT2D eigenvalue weighted by molar-refractivity contribution is 7.01. The van der Waals surface area contributed by atoms with Crippen LogP contribution >= 0.6 is 0 Å². The average Bonchev–Trinajstić information content (AvgIpc) is 4.17. The molecular formula is C56H45BN2. The molecule has 2 spiro atoms. The van der Waals surface area contributed by atoms with Crippen LogP contribution in [-0.2, 0) is 10.8 Å². The second-order valence-corrected chi connectivity index (χ2v) is 19.5. The van der Waals surface area contributed by atoms with E-state index in [1.54, 1.807) is 22.3 Å². The largest absolute Gasteiger partial charge is 0.311 e. The third-order valence-electron chi connectivity index (χ3n) is 17.4. The first kappa shape index (κ1) is 32.1. The fourth-order valence-corrected chi connectivity index (χ4v) is 15.6. The molecule has 1 unspecified atom stereocenters. The van der Waals surface area contributed by atoms with E-state index in [9.17, 15) is 0 Å². The lowest BCUT2D eigenvalue weighted by Gasteiger charge is -2.46. The summed E-state index contributed by atoms with van der Waals surface area (Å²) in [6.07, 6.45) is 10.8. The van der Waals surface area contributed by atoms with Crippen LogP contribution in [-0.4, -0.2) is 6.71 Å². The van der Waals surface area contributed by atoms with Gasteiger partial charge in [0.05, 0.1) is 0 Å². The summed E-state index contributed by atoms with van der Waals surface area (Å²) < 4.78 is 0. The molecular weight excluding hydrogens is 711 g/mol. The van der Waals surface area contributed by atoms with E-state index in [1.165, 1.54) is 124 Å². The molecule has 15 rings (SSSR count). The SMILES string of the molecule is c1ccc(N2c3cccc4c3B(c3ccc5c(c3N4c3ccccc3)-c3ccccc3[C@@]53C[C@@H]4CCC3C4)c3c2ccc2c3-c3ccccc3[C@@]23C[C@H]2CC[C@@H]3C2)cc1. The summed E-state index contributed by atoms with van der Waals surface area (Å²) in [6.45, 7) is 0.0805. The number of benzene rings is 7. The summed E-state index contributed by atoms with van der Waals surface area (Å²) in [5.74, 6) is 3.10. The van der Waals surface area contributed by atoms with Crippen molar-refractivity contribution >= 4 is 57.2 Å². The molecule has 6 atom stereocenters. The molecule has 2 aliphatic heterocycles. The molecule has 0 aromatic heterocycles. The monoisotopic (exact) mass is 756 g/mol. The molecule has 4 fully saturated rings. The highest BCUT2D eigenvalue weighted by Gasteiger charge is 2.60. The Morgan fingerprint density at radius 3 is 1.56 bits per heavy atom. The van der Waals surface area contributed by atoms with E-state index in [1.807, 2.05) is 0 Å². The van der Waals surface area contributed by atoms with Crippen LogP contribution in [0.4, 0.5) is 34.1 Å². The van der Waals surface area contributed by atoms with Gasteiger partial charge in [-0.25, -0.2) is 0 Å². The zero-order chi connectivity index (χ0) is 38.2. The Hall–Kier alpha value is -5.80. The quantitative estimate of drug-likeness (QED) is 0.162. The molecule has 7 aromatic rings. The predicted molar refractivity (Wildman–Crippen MR) is 244 cm³/mol. The van der Waals surface area contributed by atoms with Gasteiger partial charge in [-0.1, -0.05) is 122 Å². The first-order valence-electron chi connectivity index (χ1n) is 22.6. The summed E-state index contributed by atoms with van der Waals surface area (Å²) in [4.78, 5) is 5.30. The number of rotatable bonds is 2. The Morgan fingerprint density at radius 2 is 0.949 bits per heavy atom. The van der Waals surface area contributed by atoms with Crippen molar-refractivity contribution in [1.82, 2.24) is 0 Å². The molecule has 7 aromatic carbocycles. The minimum atomic E-state index is 0.0805. The first-order valence-corrected chi connectivity index (χ1v) is 22.6.